The molecule has 3 aromatic rings. The van der Waals surface area contributed by atoms with Gasteiger partial charge in [-0.2, -0.15) is 0 Å². The van der Waals surface area contributed by atoms with E-state index >= 15 is 0 Å². The van der Waals surface area contributed by atoms with Crippen LogP contribution in [0.3, 0.4) is 0 Å². The Labute approximate surface area is 200 Å². The molecule has 0 unspecified atom stereocenters. The second kappa shape index (κ2) is 11.1. The first-order chi connectivity index (χ1) is 15.8. The minimum Gasteiger partial charge on any atom is -0.497 e. The van der Waals surface area contributed by atoms with Crippen LogP contribution in [0, 0.1) is 0 Å². The zero-order chi connectivity index (χ0) is 24.0. The highest BCUT2D eigenvalue weighted by atomic mass is 35.5. The van der Waals surface area contributed by atoms with Crippen molar-refractivity contribution in [1.29, 1.82) is 0 Å². The number of benzene rings is 2. The largest absolute Gasteiger partial charge is 0.497 e. The van der Waals surface area contributed by atoms with Crippen LogP contribution in [0.1, 0.15) is 29.1 Å². The molecule has 9 nitrogen and oxygen atoms in total. The number of aromatic nitrogens is 3. The summed E-state index contributed by atoms with van der Waals surface area (Å²) < 4.78 is 12.1. The number of thioether (sulfide) groups is 1. The zero-order valence-corrected chi connectivity index (χ0v) is 20.2. The Bertz CT molecular complexity index is 1140. The number of nitrogens with one attached hydrogen (secondary N) is 2. The summed E-state index contributed by atoms with van der Waals surface area (Å²) in [5.41, 5.74) is 0.997. The van der Waals surface area contributed by atoms with Gasteiger partial charge in [0.25, 0.3) is 5.91 Å². The van der Waals surface area contributed by atoms with Crippen LogP contribution in [0.15, 0.2) is 47.6 Å². The summed E-state index contributed by atoms with van der Waals surface area (Å²) >= 11 is 7.23. The number of anilines is 1. The molecule has 0 aliphatic heterocycles. The molecule has 0 radical (unpaired) electrons. The van der Waals surface area contributed by atoms with Crippen LogP contribution in [0.25, 0.3) is 0 Å². The smallest absolute Gasteiger partial charge is 0.251 e. The van der Waals surface area contributed by atoms with Gasteiger partial charge in [0.1, 0.15) is 11.5 Å². The number of rotatable bonds is 9. The molecule has 0 aliphatic carbocycles. The Morgan fingerprint density at radius 3 is 2.52 bits per heavy atom. The van der Waals surface area contributed by atoms with E-state index in [2.05, 4.69) is 20.8 Å². The number of halogens is 1. The Balaban J connectivity index is 1.59. The Morgan fingerprint density at radius 2 is 1.85 bits per heavy atom. The second-order valence-corrected chi connectivity index (χ2v) is 8.38. The summed E-state index contributed by atoms with van der Waals surface area (Å²) in [7, 11) is 4.87. The van der Waals surface area contributed by atoms with Gasteiger partial charge >= 0.3 is 0 Å². The van der Waals surface area contributed by atoms with Crippen molar-refractivity contribution in [3.05, 3.63) is 58.9 Å². The van der Waals surface area contributed by atoms with Crippen molar-refractivity contribution >= 4 is 40.9 Å². The molecule has 0 saturated heterocycles. The van der Waals surface area contributed by atoms with Gasteiger partial charge < -0.3 is 24.7 Å². The van der Waals surface area contributed by atoms with Crippen molar-refractivity contribution in [3.8, 4) is 11.5 Å². The van der Waals surface area contributed by atoms with Crippen molar-refractivity contribution in [2.24, 2.45) is 7.05 Å². The normalized spacial score (nSPS) is 11.5. The Morgan fingerprint density at radius 1 is 1.12 bits per heavy atom. The molecule has 174 valence electrons. The first-order valence-electron chi connectivity index (χ1n) is 9.92. The minimum absolute atomic E-state index is 0.105. The molecule has 0 spiro atoms. The van der Waals surface area contributed by atoms with Gasteiger partial charge in [0.15, 0.2) is 11.0 Å². The number of carbonyl (C=O) groups excluding carboxylic acids is 2. The maximum Gasteiger partial charge on any atom is 0.251 e. The third-order valence-electron chi connectivity index (χ3n) is 4.72. The van der Waals surface area contributed by atoms with Crippen molar-refractivity contribution in [1.82, 2.24) is 20.1 Å². The van der Waals surface area contributed by atoms with E-state index in [1.165, 1.54) is 18.9 Å². The van der Waals surface area contributed by atoms with Gasteiger partial charge in [-0.3, -0.25) is 9.59 Å². The maximum absolute atomic E-state index is 12.5. The van der Waals surface area contributed by atoms with Gasteiger partial charge in [0.05, 0.1) is 31.7 Å². The number of methoxy groups -OCH3 is 2. The van der Waals surface area contributed by atoms with E-state index in [0.29, 0.717) is 38.8 Å². The van der Waals surface area contributed by atoms with E-state index in [1.54, 1.807) is 61.2 Å². The second-order valence-electron chi connectivity index (χ2n) is 7.00. The average molecular weight is 490 g/mol. The fraction of sp³-hybridized carbons (Fsp3) is 0.273. The minimum atomic E-state index is -0.393. The summed E-state index contributed by atoms with van der Waals surface area (Å²) in [5, 5.41) is 15.0. The van der Waals surface area contributed by atoms with Gasteiger partial charge in [-0.25, -0.2) is 0 Å². The Kier molecular flexibility index (Phi) is 8.18. The van der Waals surface area contributed by atoms with Crippen molar-refractivity contribution in [3.63, 3.8) is 0 Å². The van der Waals surface area contributed by atoms with Crippen LogP contribution >= 0.6 is 23.4 Å². The van der Waals surface area contributed by atoms with E-state index in [-0.39, 0.29) is 17.6 Å². The lowest BCUT2D eigenvalue weighted by atomic mass is 10.2. The lowest BCUT2D eigenvalue weighted by Crippen LogP contribution is -2.28. The molecule has 3 rings (SSSR count). The predicted octanol–water partition coefficient (Wildman–Crippen LogP) is 3.71. The van der Waals surface area contributed by atoms with Crippen LogP contribution in [-0.4, -0.2) is 46.6 Å². The molecule has 0 saturated carbocycles. The number of amides is 2. The Hall–Kier alpha value is -3.24. The van der Waals surface area contributed by atoms with Crippen LogP contribution in [0.4, 0.5) is 5.69 Å². The molecular weight excluding hydrogens is 466 g/mol. The number of carbonyl (C=O) groups is 2. The van der Waals surface area contributed by atoms with E-state index in [0.717, 1.165) is 0 Å². The van der Waals surface area contributed by atoms with Crippen molar-refractivity contribution in [2.75, 3.05) is 25.3 Å². The van der Waals surface area contributed by atoms with Crippen molar-refractivity contribution < 1.29 is 19.1 Å². The average Bonchev–Trinajstić information content (AvgIpc) is 3.18. The molecule has 1 atom stereocenters. The molecule has 0 bridgehead atoms. The molecule has 0 fully saturated rings. The number of hydrogen-bond acceptors (Lipinski definition) is 7. The summed E-state index contributed by atoms with van der Waals surface area (Å²) in [6, 6.07) is 11.4. The summed E-state index contributed by atoms with van der Waals surface area (Å²) in [5.74, 6) is 1.38. The molecule has 1 heterocycles. The lowest BCUT2D eigenvalue weighted by Gasteiger charge is -2.14. The molecule has 2 N–H and O–H groups in total. The highest BCUT2D eigenvalue weighted by Crippen LogP contribution is 2.28. The zero-order valence-electron chi connectivity index (χ0n) is 18.6. The third kappa shape index (κ3) is 6.17. The van der Waals surface area contributed by atoms with Crippen LogP contribution < -0.4 is 20.1 Å². The van der Waals surface area contributed by atoms with E-state index in [4.69, 9.17) is 21.1 Å². The SMILES string of the molecule is COc1ccc(C(=O)N[C@@H](C)c2nnc(SCC(=O)Nc3cc(Cl)ccc3OC)n2C)cc1. The number of nitrogens with zero attached hydrogens (tertiary/aromatic N) is 3. The van der Waals surface area contributed by atoms with Crippen LogP contribution in [0.5, 0.6) is 11.5 Å². The molecular formula is C22H24ClN5O4S. The third-order valence-corrected chi connectivity index (χ3v) is 5.98. The highest BCUT2D eigenvalue weighted by molar-refractivity contribution is 7.99. The topological polar surface area (TPSA) is 107 Å². The van der Waals surface area contributed by atoms with Crippen LogP contribution in [0.2, 0.25) is 5.02 Å². The predicted molar refractivity (Wildman–Crippen MR) is 127 cm³/mol. The fourth-order valence-electron chi connectivity index (χ4n) is 3.01. The lowest BCUT2D eigenvalue weighted by molar-refractivity contribution is -0.113. The molecule has 2 aromatic carbocycles. The quantitative estimate of drug-likeness (QED) is 0.441. The van der Waals surface area contributed by atoms with Gasteiger partial charge in [0.2, 0.25) is 5.91 Å². The van der Waals surface area contributed by atoms with E-state index in [9.17, 15) is 9.59 Å². The maximum atomic E-state index is 12.5. The summed E-state index contributed by atoms with van der Waals surface area (Å²) in [4.78, 5) is 24.9. The number of ether oxygens (including phenoxy) is 2. The molecule has 0 aliphatic rings. The summed E-state index contributed by atoms with van der Waals surface area (Å²) in [6.45, 7) is 1.82. The monoisotopic (exact) mass is 489 g/mol. The van der Waals surface area contributed by atoms with Gasteiger partial charge in [-0.05, 0) is 49.4 Å². The fourth-order valence-corrected chi connectivity index (χ4v) is 3.90. The molecule has 33 heavy (non-hydrogen) atoms. The van der Waals surface area contributed by atoms with Gasteiger partial charge in [-0.15, -0.1) is 10.2 Å². The van der Waals surface area contributed by atoms with Gasteiger partial charge in [-0.1, -0.05) is 23.4 Å². The van der Waals surface area contributed by atoms with Crippen LogP contribution in [-0.2, 0) is 11.8 Å². The number of hydrogen-bond donors (Lipinski definition) is 2. The first kappa shape index (κ1) is 24.4. The highest BCUT2D eigenvalue weighted by Gasteiger charge is 2.19. The van der Waals surface area contributed by atoms with Crippen molar-refractivity contribution in [2.45, 2.75) is 18.1 Å². The molecule has 2 amide bonds. The first-order valence-corrected chi connectivity index (χ1v) is 11.3. The molecule has 11 heteroatoms. The summed E-state index contributed by atoms with van der Waals surface area (Å²) in [6.07, 6.45) is 0. The standard InChI is InChI=1S/C22H24ClN5O4S/c1-13(24-21(30)14-5-8-16(31-3)9-6-14)20-26-27-22(28(20)2)33-12-19(29)25-17-11-15(23)7-10-18(17)32-4/h5-11,13H,12H2,1-4H3,(H,24,30)(H,25,29)/t13-/m0/s1. The van der Waals surface area contributed by atoms with E-state index < -0.39 is 6.04 Å². The molecule has 1 aromatic heterocycles. The van der Waals surface area contributed by atoms with Gasteiger partial charge in [0, 0.05) is 17.6 Å². The van der Waals surface area contributed by atoms with E-state index in [1.807, 2.05) is 6.92 Å².